The molecule has 3 heteroatoms. The molecule has 0 aliphatic carbocycles. The Balaban J connectivity index is 2.15. The van der Waals surface area contributed by atoms with Crippen molar-refractivity contribution in [3.05, 3.63) is 63.9 Å². The van der Waals surface area contributed by atoms with Gasteiger partial charge in [0.1, 0.15) is 0 Å². The molecular formula is C16H19BrN2. The summed E-state index contributed by atoms with van der Waals surface area (Å²) in [5, 5.41) is 3.53. The average Bonchev–Trinajstić information content (AvgIpc) is 2.42. The topological polar surface area (TPSA) is 24.9 Å². The number of nitrogens with zero attached hydrogens (tertiary/aromatic N) is 1. The van der Waals surface area contributed by atoms with Gasteiger partial charge in [0.05, 0.1) is 0 Å². The number of nitrogens with one attached hydrogen (secondary N) is 1. The summed E-state index contributed by atoms with van der Waals surface area (Å²) in [5.74, 6) is 0. The molecule has 1 heterocycles. The van der Waals surface area contributed by atoms with Gasteiger partial charge in [0.15, 0.2) is 0 Å². The molecule has 0 aliphatic rings. The Hall–Kier alpha value is -1.19. The maximum absolute atomic E-state index is 4.39. The summed E-state index contributed by atoms with van der Waals surface area (Å²) in [7, 11) is 0. The van der Waals surface area contributed by atoms with Gasteiger partial charge < -0.3 is 5.32 Å². The first-order valence-electron chi connectivity index (χ1n) is 6.59. The highest BCUT2D eigenvalue weighted by atomic mass is 79.9. The quantitative estimate of drug-likeness (QED) is 0.899. The number of likely N-dealkylation sites (N-methyl/N-ethyl adjacent to an activating group) is 1. The van der Waals surface area contributed by atoms with Gasteiger partial charge in [-0.25, -0.2) is 0 Å². The minimum Gasteiger partial charge on any atom is -0.310 e. The van der Waals surface area contributed by atoms with E-state index in [0.717, 1.165) is 23.1 Å². The van der Waals surface area contributed by atoms with Gasteiger partial charge in [0, 0.05) is 22.4 Å². The van der Waals surface area contributed by atoms with Crippen LogP contribution in [-0.4, -0.2) is 11.5 Å². The van der Waals surface area contributed by atoms with Crippen molar-refractivity contribution in [2.24, 2.45) is 0 Å². The molecule has 1 aromatic heterocycles. The highest BCUT2D eigenvalue weighted by Crippen LogP contribution is 2.19. The molecule has 0 aliphatic heterocycles. The van der Waals surface area contributed by atoms with Crippen LogP contribution in [0.2, 0.25) is 0 Å². The fourth-order valence-corrected chi connectivity index (χ4v) is 2.36. The lowest BCUT2D eigenvalue weighted by Gasteiger charge is -2.18. The lowest BCUT2D eigenvalue weighted by molar-refractivity contribution is 0.548. The van der Waals surface area contributed by atoms with Crippen molar-refractivity contribution in [2.45, 2.75) is 26.3 Å². The van der Waals surface area contributed by atoms with Gasteiger partial charge in [0.25, 0.3) is 0 Å². The molecule has 0 spiro atoms. The van der Waals surface area contributed by atoms with E-state index in [4.69, 9.17) is 0 Å². The Morgan fingerprint density at radius 3 is 2.47 bits per heavy atom. The standard InChI is InChI=1S/C16H19BrN2/c1-3-18-16(14-7-4-12(2)19-11-14)10-13-5-8-15(17)9-6-13/h4-9,11,16,18H,3,10H2,1-2H3. The third-order valence-electron chi connectivity index (χ3n) is 3.14. The number of aromatic nitrogens is 1. The highest BCUT2D eigenvalue weighted by molar-refractivity contribution is 9.10. The van der Waals surface area contributed by atoms with E-state index in [1.165, 1.54) is 11.1 Å². The van der Waals surface area contributed by atoms with Gasteiger partial charge in [-0.2, -0.15) is 0 Å². The molecule has 2 nitrogen and oxygen atoms in total. The van der Waals surface area contributed by atoms with E-state index in [1.807, 2.05) is 13.1 Å². The number of pyridine rings is 1. The van der Waals surface area contributed by atoms with Crippen LogP contribution >= 0.6 is 15.9 Å². The largest absolute Gasteiger partial charge is 0.310 e. The van der Waals surface area contributed by atoms with E-state index in [-0.39, 0.29) is 0 Å². The van der Waals surface area contributed by atoms with Gasteiger partial charge in [-0.3, -0.25) is 4.98 Å². The monoisotopic (exact) mass is 318 g/mol. The van der Waals surface area contributed by atoms with Crippen LogP contribution in [0.4, 0.5) is 0 Å². The molecule has 0 radical (unpaired) electrons. The zero-order valence-corrected chi connectivity index (χ0v) is 12.9. The molecule has 0 fully saturated rings. The fourth-order valence-electron chi connectivity index (χ4n) is 2.10. The Morgan fingerprint density at radius 1 is 1.16 bits per heavy atom. The third-order valence-corrected chi connectivity index (χ3v) is 3.67. The van der Waals surface area contributed by atoms with Gasteiger partial charge in [-0.05, 0) is 49.2 Å². The molecule has 100 valence electrons. The molecule has 1 N–H and O–H groups in total. The summed E-state index contributed by atoms with van der Waals surface area (Å²) >= 11 is 3.47. The Kier molecular flexibility index (Phi) is 5.11. The molecule has 0 saturated heterocycles. The number of hydrogen-bond donors (Lipinski definition) is 1. The minimum absolute atomic E-state index is 0.319. The number of halogens is 1. The maximum Gasteiger partial charge on any atom is 0.0376 e. The molecule has 0 bridgehead atoms. The van der Waals surface area contributed by atoms with E-state index in [2.05, 4.69) is 69.6 Å². The molecule has 19 heavy (non-hydrogen) atoms. The van der Waals surface area contributed by atoms with E-state index < -0.39 is 0 Å². The Labute approximate surface area is 123 Å². The number of benzene rings is 1. The van der Waals surface area contributed by atoms with E-state index in [0.29, 0.717) is 6.04 Å². The van der Waals surface area contributed by atoms with Gasteiger partial charge in [-0.1, -0.05) is 41.1 Å². The highest BCUT2D eigenvalue weighted by Gasteiger charge is 2.11. The van der Waals surface area contributed by atoms with E-state index in [1.54, 1.807) is 0 Å². The lowest BCUT2D eigenvalue weighted by Crippen LogP contribution is -2.23. The fraction of sp³-hybridized carbons (Fsp3) is 0.312. The van der Waals surface area contributed by atoms with Crippen molar-refractivity contribution in [1.29, 1.82) is 0 Å². The molecule has 1 aromatic carbocycles. The van der Waals surface area contributed by atoms with Crippen LogP contribution in [0.1, 0.15) is 29.8 Å². The summed E-state index contributed by atoms with van der Waals surface area (Å²) in [6.45, 7) is 5.10. The summed E-state index contributed by atoms with van der Waals surface area (Å²) in [6.07, 6.45) is 2.95. The predicted octanol–water partition coefficient (Wildman–Crippen LogP) is 4.05. The van der Waals surface area contributed by atoms with Crippen molar-refractivity contribution in [1.82, 2.24) is 10.3 Å². The van der Waals surface area contributed by atoms with Gasteiger partial charge in [0.2, 0.25) is 0 Å². The van der Waals surface area contributed by atoms with Crippen LogP contribution in [0.5, 0.6) is 0 Å². The van der Waals surface area contributed by atoms with Gasteiger partial charge in [-0.15, -0.1) is 0 Å². The smallest absolute Gasteiger partial charge is 0.0376 e. The van der Waals surface area contributed by atoms with Crippen molar-refractivity contribution >= 4 is 15.9 Å². The molecule has 1 atom stereocenters. The molecule has 2 aromatic rings. The van der Waals surface area contributed by atoms with Crippen molar-refractivity contribution in [3.8, 4) is 0 Å². The third kappa shape index (κ3) is 4.15. The zero-order valence-electron chi connectivity index (χ0n) is 11.4. The van der Waals surface area contributed by atoms with Crippen LogP contribution in [0.15, 0.2) is 47.1 Å². The second kappa shape index (κ2) is 6.83. The zero-order chi connectivity index (χ0) is 13.7. The van der Waals surface area contributed by atoms with Gasteiger partial charge >= 0.3 is 0 Å². The van der Waals surface area contributed by atoms with Crippen molar-refractivity contribution in [2.75, 3.05) is 6.54 Å². The van der Waals surface area contributed by atoms with Crippen molar-refractivity contribution < 1.29 is 0 Å². The summed E-state index contributed by atoms with van der Waals surface area (Å²) in [6, 6.07) is 13.1. The Morgan fingerprint density at radius 2 is 1.89 bits per heavy atom. The number of aryl methyl sites for hydroxylation is 1. The summed E-state index contributed by atoms with van der Waals surface area (Å²) in [5.41, 5.74) is 3.63. The van der Waals surface area contributed by atoms with Crippen LogP contribution in [0.3, 0.4) is 0 Å². The summed E-state index contributed by atoms with van der Waals surface area (Å²) < 4.78 is 1.12. The first kappa shape index (κ1) is 14.2. The minimum atomic E-state index is 0.319. The molecular weight excluding hydrogens is 300 g/mol. The molecule has 2 rings (SSSR count). The second-order valence-corrected chi connectivity index (χ2v) is 5.59. The van der Waals surface area contributed by atoms with Crippen LogP contribution in [0, 0.1) is 6.92 Å². The molecule has 0 amide bonds. The van der Waals surface area contributed by atoms with Crippen LogP contribution < -0.4 is 5.32 Å². The number of rotatable bonds is 5. The van der Waals surface area contributed by atoms with E-state index >= 15 is 0 Å². The van der Waals surface area contributed by atoms with Crippen LogP contribution in [0.25, 0.3) is 0 Å². The van der Waals surface area contributed by atoms with E-state index in [9.17, 15) is 0 Å². The first-order valence-corrected chi connectivity index (χ1v) is 7.38. The normalized spacial score (nSPS) is 12.4. The first-order chi connectivity index (χ1) is 9.19. The van der Waals surface area contributed by atoms with Crippen molar-refractivity contribution in [3.63, 3.8) is 0 Å². The van der Waals surface area contributed by atoms with Crippen LogP contribution in [-0.2, 0) is 6.42 Å². The Bertz CT molecular complexity index is 505. The number of hydrogen-bond acceptors (Lipinski definition) is 2. The predicted molar refractivity (Wildman–Crippen MR) is 83.2 cm³/mol. The average molecular weight is 319 g/mol. The molecule has 1 unspecified atom stereocenters. The maximum atomic E-state index is 4.39. The molecule has 0 saturated carbocycles. The second-order valence-electron chi connectivity index (χ2n) is 4.67. The summed E-state index contributed by atoms with van der Waals surface area (Å²) in [4.78, 5) is 4.39. The lowest BCUT2D eigenvalue weighted by atomic mass is 10.00. The SMILES string of the molecule is CCNC(Cc1ccc(Br)cc1)c1ccc(C)nc1.